The van der Waals surface area contributed by atoms with Gasteiger partial charge in [-0.05, 0) is 103 Å². The standard InChI is InChI=1S/C32H48N2O4S/c1-8-9-29(35)34-28(32-15-22-10-23(16-32)12-24(11-22)17-32)18-33(31(34)36)39(37,38)30-26(20(4)5)13-25(19(2)3)14-27(30)21(6)7/h13-14,19-24,28H,8-12,15-18H2,1-7H3/t22?,23?,24?,28-,32?/m0/s1. The quantitative estimate of drug-likeness (QED) is 0.334. The Morgan fingerprint density at radius 2 is 1.38 bits per heavy atom. The first-order valence-corrected chi connectivity index (χ1v) is 16.8. The molecule has 216 valence electrons. The van der Waals surface area contributed by atoms with Crippen LogP contribution in [-0.2, 0) is 14.8 Å². The van der Waals surface area contributed by atoms with E-state index in [1.54, 1.807) is 0 Å². The summed E-state index contributed by atoms with van der Waals surface area (Å²) in [5, 5.41) is 0. The molecule has 0 spiro atoms. The van der Waals surface area contributed by atoms with E-state index in [0.29, 0.717) is 24.2 Å². The lowest BCUT2D eigenvalue weighted by molar-refractivity contribution is -0.137. The molecule has 1 aliphatic heterocycles. The number of sulfonamides is 1. The van der Waals surface area contributed by atoms with Gasteiger partial charge in [0.25, 0.3) is 10.0 Å². The van der Waals surface area contributed by atoms with E-state index in [-0.39, 0.29) is 53.0 Å². The van der Waals surface area contributed by atoms with Crippen molar-refractivity contribution in [3.8, 4) is 0 Å². The van der Waals surface area contributed by atoms with Gasteiger partial charge in [-0.15, -0.1) is 0 Å². The number of carbonyl (C=O) groups is 2. The Morgan fingerprint density at radius 1 is 0.897 bits per heavy atom. The molecule has 3 amide bonds. The fraction of sp³-hybridized carbons (Fsp3) is 0.750. The number of rotatable bonds is 8. The zero-order valence-corrected chi connectivity index (χ0v) is 25.8. The minimum Gasteiger partial charge on any atom is -0.274 e. The van der Waals surface area contributed by atoms with Crippen LogP contribution in [0, 0.1) is 23.2 Å². The number of carbonyl (C=O) groups excluding carboxylic acids is 2. The van der Waals surface area contributed by atoms with Crippen molar-refractivity contribution in [3.05, 3.63) is 28.8 Å². The van der Waals surface area contributed by atoms with Crippen LogP contribution in [0.4, 0.5) is 4.79 Å². The summed E-state index contributed by atoms with van der Waals surface area (Å²) in [5.41, 5.74) is 2.49. The summed E-state index contributed by atoms with van der Waals surface area (Å²) in [7, 11) is -4.18. The van der Waals surface area contributed by atoms with Gasteiger partial charge in [0.1, 0.15) is 0 Å². The maximum atomic E-state index is 14.6. The number of hydrogen-bond acceptors (Lipinski definition) is 4. The third-order valence-electron chi connectivity index (χ3n) is 10.2. The van der Waals surface area contributed by atoms with Crippen LogP contribution in [0.5, 0.6) is 0 Å². The van der Waals surface area contributed by atoms with Gasteiger partial charge in [0.05, 0.1) is 17.5 Å². The van der Waals surface area contributed by atoms with Gasteiger partial charge in [-0.1, -0.05) is 60.6 Å². The minimum atomic E-state index is -4.18. The van der Waals surface area contributed by atoms with Crippen molar-refractivity contribution in [3.63, 3.8) is 0 Å². The van der Waals surface area contributed by atoms with E-state index in [1.807, 2.05) is 46.8 Å². The molecule has 0 radical (unpaired) electrons. The molecule has 0 aromatic heterocycles. The zero-order valence-electron chi connectivity index (χ0n) is 25.0. The molecule has 5 fully saturated rings. The van der Waals surface area contributed by atoms with Crippen LogP contribution in [0.3, 0.4) is 0 Å². The van der Waals surface area contributed by atoms with Gasteiger partial charge in [0.2, 0.25) is 5.91 Å². The second-order valence-corrected chi connectivity index (χ2v) is 15.9. The minimum absolute atomic E-state index is 0.0274. The van der Waals surface area contributed by atoms with Gasteiger partial charge in [0.15, 0.2) is 0 Å². The van der Waals surface area contributed by atoms with Crippen molar-refractivity contribution < 1.29 is 18.0 Å². The number of benzene rings is 1. The smallest absolute Gasteiger partial charge is 0.274 e. The van der Waals surface area contributed by atoms with Crippen molar-refractivity contribution in [1.29, 1.82) is 0 Å². The maximum absolute atomic E-state index is 14.6. The van der Waals surface area contributed by atoms with E-state index in [1.165, 1.54) is 24.2 Å². The normalized spacial score (nSPS) is 30.5. The summed E-state index contributed by atoms with van der Waals surface area (Å²) >= 11 is 0. The Balaban J connectivity index is 1.62. The lowest BCUT2D eigenvalue weighted by Gasteiger charge is -2.59. The Labute approximate surface area is 236 Å². The number of amides is 3. The highest BCUT2D eigenvalue weighted by atomic mass is 32.2. The average Bonchev–Trinajstić information content (AvgIpc) is 3.21. The summed E-state index contributed by atoms with van der Waals surface area (Å²) in [6.07, 6.45) is 7.69. The van der Waals surface area contributed by atoms with Crippen molar-refractivity contribution in [2.75, 3.05) is 6.54 Å². The number of nitrogens with zero attached hydrogens (tertiary/aromatic N) is 2. The molecule has 1 aromatic carbocycles. The van der Waals surface area contributed by atoms with Gasteiger partial charge >= 0.3 is 6.03 Å². The first-order valence-electron chi connectivity index (χ1n) is 15.4. The molecule has 5 aliphatic rings. The highest BCUT2D eigenvalue weighted by Crippen LogP contribution is 2.63. The van der Waals surface area contributed by atoms with Crippen LogP contribution in [0.1, 0.15) is 134 Å². The van der Waals surface area contributed by atoms with E-state index >= 15 is 0 Å². The molecule has 1 heterocycles. The van der Waals surface area contributed by atoms with Gasteiger partial charge in [-0.3, -0.25) is 9.69 Å². The fourth-order valence-corrected chi connectivity index (χ4v) is 10.8. The van der Waals surface area contributed by atoms with Crippen molar-refractivity contribution in [2.24, 2.45) is 23.2 Å². The molecule has 6 rings (SSSR count). The molecule has 0 N–H and O–H groups in total. The predicted molar refractivity (Wildman–Crippen MR) is 154 cm³/mol. The van der Waals surface area contributed by atoms with Crippen molar-refractivity contribution in [1.82, 2.24) is 9.21 Å². The fourth-order valence-electron chi connectivity index (χ4n) is 8.74. The summed E-state index contributed by atoms with van der Waals surface area (Å²) in [5.74, 6) is 1.91. The van der Waals surface area contributed by atoms with E-state index in [0.717, 1.165) is 40.3 Å². The third kappa shape index (κ3) is 4.74. The third-order valence-corrected chi connectivity index (χ3v) is 12.1. The SMILES string of the molecule is CCCC(=O)N1C(=O)N(S(=O)(=O)c2c(C(C)C)cc(C(C)C)cc2C(C)C)C[C@H]1C12CC3CC(CC(C3)C1)C2. The Bertz CT molecular complexity index is 1180. The predicted octanol–water partition coefficient (Wildman–Crippen LogP) is 7.39. The van der Waals surface area contributed by atoms with E-state index in [4.69, 9.17) is 0 Å². The second kappa shape index (κ2) is 10.2. The topological polar surface area (TPSA) is 74.8 Å². The molecular formula is C32H48N2O4S. The summed E-state index contributed by atoms with van der Waals surface area (Å²) in [4.78, 5) is 29.3. The summed E-state index contributed by atoms with van der Waals surface area (Å²) < 4.78 is 30.4. The number of urea groups is 1. The Morgan fingerprint density at radius 3 is 1.79 bits per heavy atom. The number of imide groups is 1. The van der Waals surface area contributed by atoms with E-state index in [9.17, 15) is 18.0 Å². The van der Waals surface area contributed by atoms with Crippen LogP contribution < -0.4 is 0 Å². The second-order valence-electron chi connectivity index (χ2n) is 14.1. The van der Waals surface area contributed by atoms with Gasteiger partial charge in [-0.2, -0.15) is 0 Å². The number of hydrogen-bond donors (Lipinski definition) is 0. The van der Waals surface area contributed by atoms with Crippen molar-refractivity contribution >= 4 is 22.0 Å². The molecule has 0 unspecified atom stereocenters. The van der Waals surface area contributed by atoms with Crippen LogP contribution in [-0.4, -0.2) is 42.1 Å². The van der Waals surface area contributed by atoms with Crippen molar-refractivity contribution in [2.45, 2.75) is 129 Å². The van der Waals surface area contributed by atoms with Gasteiger partial charge < -0.3 is 0 Å². The lowest BCUT2D eigenvalue weighted by Crippen LogP contribution is -2.57. The van der Waals surface area contributed by atoms with E-state index < -0.39 is 16.1 Å². The molecule has 1 aromatic rings. The molecule has 4 bridgehead atoms. The van der Waals surface area contributed by atoms with Gasteiger partial charge in [-0.25, -0.2) is 17.5 Å². The Kier molecular flexibility index (Phi) is 7.48. The molecule has 6 nitrogen and oxygen atoms in total. The highest BCUT2D eigenvalue weighted by molar-refractivity contribution is 7.89. The molecule has 1 atom stereocenters. The Hall–Kier alpha value is -1.89. The van der Waals surface area contributed by atoms with Gasteiger partial charge in [0, 0.05) is 6.42 Å². The monoisotopic (exact) mass is 556 g/mol. The molecule has 7 heteroatoms. The lowest BCUT2D eigenvalue weighted by atomic mass is 9.47. The molecule has 1 saturated heterocycles. The van der Waals surface area contributed by atoms with Crippen LogP contribution in [0.15, 0.2) is 17.0 Å². The summed E-state index contributed by atoms with van der Waals surface area (Å²) in [6, 6.07) is 3.04. The first kappa shape index (κ1) is 28.6. The van der Waals surface area contributed by atoms with Crippen LogP contribution in [0.2, 0.25) is 0 Å². The van der Waals surface area contributed by atoms with Crippen LogP contribution in [0.25, 0.3) is 0 Å². The molecule has 39 heavy (non-hydrogen) atoms. The average molecular weight is 557 g/mol. The largest absolute Gasteiger partial charge is 0.341 e. The first-order chi connectivity index (χ1) is 18.3. The zero-order chi connectivity index (χ0) is 28.4. The summed E-state index contributed by atoms with van der Waals surface area (Å²) in [6.45, 7) is 14.3. The highest BCUT2D eigenvalue weighted by Gasteiger charge is 2.61. The molecule has 4 saturated carbocycles. The van der Waals surface area contributed by atoms with Crippen LogP contribution >= 0.6 is 0 Å². The molecule has 4 aliphatic carbocycles. The molecular weight excluding hydrogens is 508 g/mol. The maximum Gasteiger partial charge on any atom is 0.341 e. The van der Waals surface area contributed by atoms with E-state index in [2.05, 4.69) is 13.8 Å².